The molecule has 2 unspecified atom stereocenters. The first-order valence-corrected chi connectivity index (χ1v) is 10.7. The number of rotatable bonds is 7. The monoisotopic (exact) mass is 375 g/mol. The van der Waals surface area contributed by atoms with Gasteiger partial charge in [-0.25, -0.2) is 4.98 Å². The summed E-state index contributed by atoms with van der Waals surface area (Å²) in [5.74, 6) is 2.53. The highest BCUT2D eigenvalue weighted by molar-refractivity contribution is 5.80. The van der Waals surface area contributed by atoms with Crippen LogP contribution in [0.2, 0.25) is 0 Å². The van der Waals surface area contributed by atoms with Crippen LogP contribution < -0.4 is 10.6 Å². The Bertz CT molecular complexity index is 618. The van der Waals surface area contributed by atoms with Gasteiger partial charge in [0.2, 0.25) is 0 Å². The van der Waals surface area contributed by atoms with Crippen molar-refractivity contribution in [2.24, 2.45) is 16.3 Å². The maximum absolute atomic E-state index is 6.07. The quantitative estimate of drug-likeness (QED) is 0.567. The lowest BCUT2D eigenvalue weighted by molar-refractivity contribution is -0.145. The molecule has 2 aliphatic carbocycles. The Morgan fingerprint density at radius 2 is 2.15 bits per heavy atom. The highest BCUT2D eigenvalue weighted by atomic mass is 16.5. The second-order valence-corrected chi connectivity index (χ2v) is 8.49. The average molecular weight is 376 g/mol. The summed E-state index contributed by atoms with van der Waals surface area (Å²) >= 11 is 0. The molecule has 27 heavy (non-hydrogen) atoms. The molecular formula is C21H37N5O. The largest absolute Gasteiger partial charge is 0.378 e. The van der Waals surface area contributed by atoms with E-state index in [1.807, 2.05) is 13.2 Å². The fourth-order valence-electron chi connectivity index (χ4n) is 4.86. The molecule has 0 aromatic carbocycles. The molecule has 2 aliphatic rings. The van der Waals surface area contributed by atoms with Gasteiger partial charge in [0.1, 0.15) is 5.82 Å². The van der Waals surface area contributed by atoms with Crippen LogP contribution in [0.25, 0.3) is 0 Å². The lowest BCUT2D eigenvalue weighted by Gasteiger charge is -2.57. The number of guanidine groups is 1. The number of aromatic nitrogens is 2. The molecule has 2 saturated carbocycles. The Kier molecular flexibility index (Phi) is 6.79. The minimum absolute atomic E-state index is 0.294. The number of aliphatic imine (C=N–C) groups is 1. The molecule has 2 fully saturated rings. The first-order chi connectivity index (χ1) is 13.1. The number of imidazole rings is 1. The predicted octanol–water partition coefficient (Wildman–Crippen LogP) is 3.33. The van der Waals surface area contributed by atoms with Gasteiger partial charge in [0.15, 0.2) is 5.96 Å². The van der Waals surface area contributed by atoms with Gasteiger partial charge in [-0.15, -0.1) is 0 Å². The number of hydrogen-bond acceptors (Lipinski definition) is 3. The fourth-order valence-corrected chi connectivity index (χ4v) is 4.86. The molecule has 0 radical (unpaired) electrons. The van der Waals surface area contributed by atoms with E-state index in [1.54, 1.807) is 0 Å². The van der Waals surface area contributed by atoms with Gasteiger partial charge in [0.05, 0.1) is 12.6 Å². The molecular weight excluding hydrogens is 338 g/mol. The molecule has 6 heteroatoms. The SMILES string of the molecule is CCOC1CC(NC(=NC)NCc2nccn2CC(C)C)C12CCCCC2. The minimum Gasteiger partial charge on any atom is -0.378 e. The fraction of sp³-hybridized carbons (Fsp3) is 0.810. The number of nitrogens with zero attached hydrogens (tertiary/aromatic N) is 3. The summed E-state index contributed by atoms with van der Waals surface area (Å²) in [5.41, 5.74) is 0.294. The van der Waals surface area contributed by atoms with E-state index in [4.69, 9.17) is 4.74 Å². The van der Waals surface area contributed by atoms with E-state index in [-0.39, 0.29) is 0 Å². The lowest BCUT2D eigenvalue weighted by atomic mass is 9.55. The zero-order chi connectivity index (χ0) is 19.3. The smallest absolute Gasteiger partial charge is 0.191 e. The van der Waals surface area contributed by atoms with Crippen LogP contribution in [0.4, 0.5) is 0 Å². The molecule has 1 spiro atoms. The number of nitrogens with one attached hydrogen (secondary N) is 2. The predicted molar refractivity (Wildman–Crippen MR) is 110 cm³/mol. The summed E-state index contributed by atoms with van der Waals surface area (Å²) in [4.78, 5) is 8.97. The van der Waals surface area contributed by atoms with Crippen LogP contribution in [-0.2, 0) is 17.8 Å². The zero-order valence-electron chi connectivity index (χ0n) is 17.5. The highest BCUT2D eigenvalue weighted by Crippen LogP contribution is 2.53. The molecule has 0 aliphatic heterocycles. The number of ether oxygens (including phenoxy) is 1. The van der Waals surface area contributed by atoms with Gasteiger partial charge < -0.3 is 19.9 Å². The molecule has 152 valence electrons. The van der Waals surface area contributed by atoms with Crippen LogP contribution >= 0.6 is 0 Å². The first-order valence-electron chi connectivity index (χ1n) is 10.7. The summed E-state index contributed by atoms with van der Waals surface area (Å²) in [6, 6.07) is 0.455. The standard InChI is InChI=1S/C21H37N5O/c1-5-27-18-13-17(21(18)9-7-6-8-10-21)25-20(22-4)24-14-19-23-11-12-26(19)15-16(2)3/h11-12,16-18H,5-10,13-15H2,1-4H3,(H2,22,24,25). The van der Waals surface area contributed by atoms with Gasteiger partial charge >= 0.3 is 0 Å². The molecule has 2 atom stereocenters. The van der Waals surface area contributed by atoms with Crippen molar-refractivity contribution in [3.8, 4) is 0 Å². The lowest BCUT2D eigenvalue weighted by Crippen LogP contribution is -2.66. The molecule has 3 rings (SSSR count). The van der Waals surface area contributed by atoms with Crippen LogP contribution in [0.1, 0.15) is 65.1 Å². The highest BCUT2D eigenvalue weighted by Gasteiger charge is 2.55. The van der Waals surface area contributed by atoms with E-state index in [9.17, 15) is 0 Å². The van der Waals surface area contributed by atoms with E-state index in [2.05, 4.69) is 52.1 Å². The van der Waals surface area contributed by atoms with Crippen molar-refractivity contribution in [2.75, 3.05) is 13.7 Å². The van der Waals surface area contributed by atoms with Crippen molar-refractivity contribution in [3.63, 3.8) is 0 Å². The molecule has 0 amide bonds. The second-order valence-electron chi connectivity index (χ2n) is 8.49. The molecule has 6 nitrogen and oxygen atoms in total. The summed E-state index contributed by atoms with van der Waals surface area (Å²) in [7, 11) is 1.85. The van der Waals surface area contributed by atoms with Crippen LogP contribution in [0.15, 0.2) is 17.4 Å². The summed E-state index contributed by atoms with van der Waals surface area (Å²) < 4.78 is 8.30. The third-order valence-corrected chi connectivity index (χ3v) is 6.25. The summed E-state index contributed by atoms with van der Waals surface area (Å²) in [5, 5.41) is 7.16. The molecule has 0 saturated heterocycles. The van der Waals surface area contributed by atoms with Crippen LogP contribution in [0.3, 0.4) is 0 Å². The topological polar surface area (TPSA) is 63.5 Å². The molecule has 0 bridgehead atoms. The molecule has 2 N–H and O–H groups in total. The maximum atomic E-state index is 6.07. The minimum atomic E-state index is 0.294. The van der Waals surface area contributed by atoms with Gasteiger partial charge in [0.25, 0.3) is 0 Å². The van der Waals surface area contributed by atoms with E-state index in [0.29, 0.717) is 30.0 Å². The molecule has 1 aromatic rings. The Labute approximate surface area is 164 Å². The first kappa shape index (κ1) is 20.2. The normalized spacial score (nSPS) is 24.9. The Balaban J connectivity index is 1.58. The van der Waals surface area contributed by atoms with E-state index < -0.39 is 0 Å². The molecule has 1 aromatic heterocycles. The summed E-state index contributed by atoms with van der Waals surface area (Å²) in [6.07, 6.45) is 12.0. The zero-order valence-corrected chi connectivity index (χ0v) is 17.5. The van der Waals surface area contributed by atoms with Gasteiger partial charge in [-0.3, -0.25) is 4.99 Å². The van der Waals surface area contributed by atoms with Crippen LogP contribution in [0, 0.1) is 11.3 Å². The van der Waals surface area contributed by atoms with Crippen molar-refractivity contribution in [1.82, 2.24) is 20.2 Å². The van der Waals surface area contributed by atoms with Crippen molar-refractivity contribution in [3.05, 3.63) is 18.2 Å². The number of hydrogen-bond donors (Lipinski definition) is 2. The van der Waals surface area contributed by atoms with Crippen LogP contribution in [-0.4, -0.2) is 41.3 Å². The maximum Gasteiger partial charge on any atom is 0.191 e. The van der Waals surface area contributed by atoms with Crippen molar-refractivity contribution in [1.29, 1.82) is 0 Å². The Hall–Kier alpha value is -1.56. The Morgan fingerprint density at radius 1 is 1.37 bits per heavy atom. The van der Waals surface area contributed by atoms with Crippen molar-refractivity contribution >= 4 is 5.96 Å². The third-order valence-electron chi connectivity index (χ3n) is 6.25. The van der Waals surface area contributed by atoms with Crippen LogP contribution in [0.5, 0.6) is 0 Å². The second kappa shape index (κ2) is 9.09. The Morgan fingerprint density at radius 3 is 2.81 bits per heavy atom. The van der Waals surface area contributed by atoms with Gasteiger partial charge in [0, 0.05) is 44.0 Å². The van der Waals surface area contributed by atoms with E-state index in [0.717, 1.165) is 31.4 Å². The average Bonchev–Trinajstić information content (AvgIpc) is 3.10. The molecule has 1 heterocycles. The third kappa shape index (κ3) is 4.48. The van der Waals surface area contributed by atoms with Gasteiger partial charge in [-0.2, -0.15) is 0 Å². The van der Waals surface area contributed by atoms with Gasteiger partial charge in [-0.1, -0.05) is 33.1 Å². The van der Waals surface area contributed by atoms with E-state index in [1.165, 1.54) is 32.1 Å². The van der Waals surface area contributed by atoms with Crippen molar-refractivity contribution < 1.29 is 4.74 Å². The summed E-state index contributed by atoms with van der Waals surface area (Å²) in [6.45, 7) is 9.06. The van der Waals surface area contributed by atoms with Gasteiger partial charge in [-0.05, 0) is 32.1 Å². The van der Waals surface area contributed by atoms with E-state index >= 15 is 0 Å². The van der Waals surface area contributed by atoms with Crippen molar-refractivity contribution in [2.45, 2.75) is 84.5 Å².